The van der Waals surface area contributed by atoms with Crippen molar-refractivity contribution in [3.8, 4) is 0 Å². The van der Waals surface area contributed by atoms with Crippen LogP contribution in [0.3, 0.4) is 0 Å². The molecular formula is C33H43N5O3S. The number of carbonyl (C=O) groups excluding carboxylic acids is 3. The Morgan fingerprint density at radius 1 is 0.929 bits per heavy atom. The largest absolute Gasteiger partial charge is 0.354 e. The summed E-state index contributed by atoms with van der Waals surface area (Å²) >= 11 is 1.43. The maximum absolute atomic E-state index is 13.9. The van der Waals surface area contributed by atoms with Gasteiger partial charge in [0.1, 0.15) is 11.6 Å². The second-order valence-electron chi connectivity index (χ2n) is 11.8. The zero-order valence-corrected chi connectivity index (χ0v) is 25.4. The van der Waals surface area contributed by atoms with Crippen LogP contribution in [0.5, 0.6) is 0 Å². The quantitative estimate of drug-likeness (QED) is 0.296. The molecule has 9 heteroatoms. The van der Waals surface area contributed by atoms with Gasteiger partial charge in [0.15, 0.2) is 0 Å². The van der Waals surface area contributed by atoms with Crippen molar-refractivity contribution in [3.05, 3.63) is 71.1 Å². The standard InChI is InChI=1S/C33H43N5O3S/c1-37-18-10-20-38(22-21-37)19-9-17-34-30(39)27(23-25-11-3-2-4-12-25)35-32(41)33(15-7-8-16-33)36-31(40)29-24-26-13-5-6-14-28(26)42-29/h2-6,11-14,24,27H,7-10,15-23H2,1H3,(H,34,39)(H,35,41)(H,36,40)/t27-/m1/s1. The van der Waals surface area contributed by atoms with Crippen LogP contribution in [-0.2, 0) is 16.0 Å². The Bertz CT molecular complexity index is 1320. The van der Waals surface area contributed by atoms with E-state index in [4.69, 9.17) is 0 Å². The van der Waals surface area contributed by atoms with Gasteiger partial charge in [-0.15, -0.1) is 11.3 Å². The lowest BCUT2D eigenvalue weighted by Gasteiger charge is -2.31. The fraction of sp³-hybridized carbons (Fsp3) is 0.485. The SMILES string of the molecule is CN1CCCN(CCCNC(=O)[C@@H](Cc2ccccc2)NC(=O)C2(NC(=O)c3cc4ccccc4s3)CCCC2)CC1. The average Bonchev–Trinajstić information content (AvgIpc) is 3.60. The van der Waals surface area contributed by atoms with Crippen molar-refractivity contribution in [2.75, 3.05) is 46.3 Å². The van der Waals surface area contributed by atoms with Crippen molar-refractivity contribution >= 4 is 39.1 Å². The highest BCUT2D eigenvalue weighted by atomic mass is 32.1. The molecule has 3 aromatic rings. The Morgan fingerprint density at radius 3 is 2.48 bits per heavy atom. The molecule has 3 N–H and O–H groups in total. The van der Waals surface area contributed by atoms with Gasteiger partial charge in [0, 0.05) is 30.8 Å². The number of thiophene rings is 1. The third-order valence-corrected chi connectivity index (χ3v) is 9.68. The minimum atomic E-state index is -1.03. The highest BCUT2D eigenvalue weighted by Gasteiger charge is 2.44. The molecule has 1 saturated heterocycles. The molecule has 3 amide bonds. The number of likely N-dealkylation sites (N-methyl/N-ethyl adjacent to an activating group) is 1. The van der Waals surface area contributed by atoms with Crippen molar-refractivity contribution < 1.29 is 14.4 Å². The van der Waals surface area contributed by atoms with Gasteiger partial charge < -0.3 is 25.8 Å². The first kappa shape index (κ1) is 30.2. The number of benzene rings is 2. The molecule has 0 spiro atoms. The van der Waals surface area contributed by atoms with E-state index in [1.165, 1.54) is 11.3 Å². The summed E-state index contributed by atoms with van der Waals surface area (Å²) in [7, 11) is 2.16. The molecule has 1 atom stereocenters. The molecule has 0 radical (unpaired) electrons. The smallest absolute Gasteiger partial charge is 0.262 e. The summed E-state index contributed by atoms with van der Waals surface area (Å²) in [5, 5.41) is 10.2. The lowest BCUT2D eigenvalue weighted by molar-refractivity contribution is -0.132. The molecule has 1 aliphatic carbocycles. The van der Waals surface area contributed by atoms with Crippen molar-refractivity contribution in [3.63, 3.8) is 0 Å². The summed E-state index contributed by atoms with van der Waals surface area (Å²) in [5.74, 6) is -0.706. The summed E-state index contributed by atoms with van der Waals surface area (Å²) in [6.45, 7) is 5.82. The summed E-state index contributed by atoms with van der Waals surface area (Å²) in [4.78, 5) is 46.1. The number of rotatable bonds is 11. The minimum absolute atomic E-state index is 0.188. The second-order valence-corrected chi connectivity index (χ2v) is 12.8. The highest BCUT2D eigenvalue weighted by Crippen LogP contribution is 2.32. The lowest BCUT2D eigenvalue weighted by atomic mass is 9.94. The number of hydrogen-bond donors (Lipinski definition) is 3. The van der Waals surface area contributed by atoms with Gasteiger partial charge in [0.05, 0.1) is 4.88 Å². The number of amides is 3. The first-order chi connectivity index (χ1) is 20.4. The van der Waals surface area contributed by atoms with Gasteiger partial charge in [-0.1, -0.05) is 61.4 Å². The van der Waals surface area contributed by atoms with Crippen molar-refractivity contribution in [1.82, 2.24) is 25.8 Å². The highest BCUT2D eigenvalue weighted by molar-refractivity contribution is 7.20. The summed E-state index contributed by atoms with van der Waals surface area (Å²) in [6, 6.07) is 18.8. The Morgan fingerprint density at radius 2 is 1.69 bits per heavy atom. The average molecular weight is 590 g/mol. The van der Waals surface area contributed by atoms with Crippen LogP contribution in [0.2, 0.25) is 0 Å². The fourth-order valence-electron chi connectivity index (χ4n) is 6.08. The molecule has 2 aromatic carbocycles. The van der Waals surface area contributed by atoms with Crippen molar-refractivity contribution in [2.45, 2.75) is 56.5 Å². The predicted molar refractivity (Wildman–Crippen MR) is 169 cm³/mol. The number of hydrogen-bond acceptors (Lipinski definition) is 6. The maximum Gasteiger partial charge on any atom is 0.262 e. The van der Waals surface area contributed by atoms with Gasteiger partial charge in [-0.25, -0.2) is 0 Å². The number of carbonyl (C=O) groups is 3. The van der Waals surface area contributed by atoms with Gasteiger partial charge in [-0.2, -0.15) is 0 Å². The van der Waals surface area contributed by atoms with E-state index in [1.807, 2.05) is 60.7 Å². The van der Waals surface area contributed by atoms with Crippen LogP contribution in [0.25, 0.3) is 10.1 Å². The summed E-state index contributed by atoms with van der Waals surface area (Å²) in [5.41, 5.74) is -0.0519. The third-order valence-electron chi connectivity index (χ3n) is 8.56. The van der Waals surface area contributed by atoms with Crippen LogP contribution in [0.1, 0.15) is 53.8 Å². The van der Waals surface area contributed by atoms with Crippen molar-refractivity contribution in [1.29, 1.82) is 0 Å². The third kappa shape index (κ3) is 7.76. The molecule has 224 valence electrons. The molecule has 42 heavy (non-hydrogen) atoms. The monoisotopic (exact) mass is 589 g/mol. The molecule has 2 aliphatic rings. The van der Waals surface area contributed by atoms with E-state index in [-0.39, 0.29) is 17.7 Å². The normalized spacial score (nSPS) is 18.3. The van der Waals surface area contributed by atoms with E-state index < -0.39 is 11.6 Å². The first-order valence-corrected chi connectivity index (χ1v) is 16.1. The molecule has 5 rings (SSSR count). The van der Waals surface area contributed by atoms with Crippen LogP contribution in [0, 0.1) is 0 Å². The zero-order chi connectivity index (χ0) is 29.4. The van der Waals surface area contributed by atoms with E-state index in [2.05, 4.69) is 32.8 Å². The molecule has 2 fully saturated rings. The van der Waals surface area contributed by atoms with Gasteiger partial charge >= 0.3 is 0 Å². The maximum atomic E-state index is 13.9. The Labute approximate surface area is 252 Å². The van der Waals surface area contributed by atoms with Gasteiger partial charge in [0.2, 0.25) is 11.8 Å². The van der Waals surface area contributed by atoms with Gasteiger partial charge in [-0.05, 0) is 75.4 Å². The van der Waals surface area contributed by atoms with E-state index in [0.717, 1.165) is 74.1 Å². The number of nitrogens with one attached hydrogen (secondary N) is 3. The van der Waals surface area contributed by atoms with Crippen LogP contribution >= 0.6 is 11.3 Å². The molecule has 1 saturated carbocycles. The van der Waals surface area contributed by atoms with E-state index in [1.54, 1.807) is 0 Å². The van der Waals surface area contributed by atoms with E-state index in [0.29, 0.717) is 30.7 Å². The van der Waals surface area contributed by atoms with Crippen LogP contribution in [0.4, 0.5) is 0 Å². The Kier molecular flexibility index (Phi) is 10.3. The molecule has 8 nitrogen and oxygen atoms in total. The molecule has 0 unspecified atom stereocenters. The molecule has 1 aromatic heterocycles. The summed E-state index contributed by atoms with van der Waals surface area (Å²) in [6.07, 6.45) is 5.22. The van der Waals surface area contributed by atoms with Crippen LogP contribution < -0.4 is 16.0 Å². The second kappa shape index (κ2) is 14.3. The Balaban J connectivity index is 1.23. The fourth-order valence-corrected chi connectivity index (χ4v) is 7.03. The topological polar surface area (TPSA) is 93.8 Å². The zero-order valence-electron chi connectivity index (χ0n) is 24.6. The minimum Gasteiger partial charge on any atom is -0.354 e. The van der Waals surface area contributed by atoms with Crippen LogP contribution in [-0.4, -0.2) is 85.4 Å². The van der Waals surface area contributed by atoms with Gasteiger partial charge in [0.25, 0.3) is 5.91 Å². The first-order valence-electron chi connectivity index (χ1n) is 15.3. The van der Waals surface area contributed by atoms with Crippen molar-refractivity contribution in [2.24, 2.45) is 0 Å². The predicted octanol–water partition coefficient (Wildman–Crippen LogP) is 3.82. The van der Waals surface area contributed by atoms with Gasteiger partial charge in [-0.3, -0.25) is 14.4 Å². The molecule has 0 bridgehead atoms. The van der Waals surface area contributed by atoms with E-state index in [9.17, 15) is 14.4 Å². The summed E-state index contributed by atoms with van der Waals surface area (Å²) < 4.78 is 1.04. The molecule has 2 heterocycles. The Hall–Kier alpha value is -3.27. The number of fused-ring (bicyclic) bond motifs is 1. The van der Waals surface area contributed by atoms with E-state index >= 15 is 0 Å². The van der Waals surface area contributed by atoms with Crippen LogP contribution in [0.15, 0.2) is 60.7 Å². The molecule has 1 aliphatic heterocycles. The number of nitrogens with zero attached hydrogens (tertiary/aromatic N) is 2. The molecular weight excluding hydrogens is 546 g/mol. The lowest BCUT2D eigenvalue weighted by Crippen LogP contribution is -2.61.